The molecule has 3 aliphatic heterocycles. The molecule has 3 amide bonds. The Bertz CT molecular complexity index is 1220. The van der Waals surface area contributed by atoms with E-state index in [0.29, 0.717) is 44.6 Å². The first-order valence-electron chi connectivity index (χ1n) is 13.2. The lowest BCUT2D eigenvalue weighted by molar-refractivity contribution is -0.138. The van der Waals surface area contributed by atoms with E-state index in [1.807, 2.05) is 28.9 Å². The third kappa shape index (κ3) is 5.69. The molecule has 194 valence electrons. The van der Waals surface area contributed by atoms with E-state index in [4.69, 9.17) is 0 Å². The largest absolute Gasteiger partial charge is 0.343 e. The number of anilines is 1. The number of carbonyl (C=O) groups is 3. The molecule has 7 nitrogen and oxygen atoms in total. The Morgan fingerprint density at radius 1 is 1.16 bits per heavy atom. The maximum Gasteiger partial charge on any atom is 0.246 e. The van der Waals surface area contributed by atoms with Crippen LogP contribution in [0.5, 0.6) is 0 Å². The zero-order valence-electron chi connectivity index (χ0n) is 21.4. The molecule has 2 aromatic rings. The molecule has 0 unspecified atom stereocenters. The standard InChI is InChI=1S/C29H34N4O3S/c1-2-4-25(34)33-14-10-29(11-15-33)19-23-17-22(20-30-27(23)31-28(29)36)6-7-26(35)32-12-8-21(9-13-32)18-24-5-3-16-37-24/h3,5-7,16-18,20H,2,4,8-15,19H2,1H3,(H,30,31,36)/b7-6+. The predicted octanol–water partition coefficient (Wildman–Crippen LogP) is 4.77. The second kappa shape index (κ2) is 11.0. The van der Waals surface area contributed by atoms with Crippen molar-refractivity contribution in [3.05, 3.63) is 57.4 Å². The van der Waals surface area contributed by atoms with Crippen LogP contribution < -0.4 is 5.32 Å². The van der Waals surface area contributed by atoms with Crippen LogP contribution in [-0.4, -0.2) is 58.7 Å². The first-order chi connectivity index (χ1) is 18.0. The average Bonchev–Trinajstić information content (AvgIpc) is 3.42. The number of nitrogens with one attached hydrogen (secondary N) is 1. The van der Waals surface area contributed by atoms with Gasteiger partial charge in [0.05, 0.1) is 5.41 Å². The van der Waals surface area contributed by atoms with Gasteiger partial charge in [0.2, 0.25) is 17.7 Å². The quantitative estimate of drug-likeness (QED) is 0.579. The van der Waals surface area contributed by atoms with Gasteiger partial charge in [-0.05, 0) is 79.3 Å². The van der Waals surface area contributed by atoms with Crippen molar-refractivity contribution >= 4 is 47.0 Å². The van der Waals surface area contributed by atoms with Crippen LogP contribution in [-0.2, 0) is 20.8 Å². The van der Waals surface area contributed by atoms with E-state index in [1.165, 1.54) is 10.5 Å². The summed E-state index contributed by atoms with van der Waals surface area (Å²) in [5.74, 6) is 0.800. The maximum absolute atomic E-state index is 13.0. The van der Waals surface area contributed by atoms with E-state index < -0.39 is 5.41 Å². The van der Waals surface area contributed by atoms with Crippen LogP contribution >= 0.6 is 11.3 Å². The van der Waals surface area contributed by atoms with E-state index >= 15 is 0 Å². The van der Waals surface area contributed by atoms with Gasteiger partial charge in [-0.3, -0.25) is 14.4 Å². The van der Waals surface area contributed by atoms with Gasteiger partial charge in [0.25, 0.3) is 0 Å². The molecule has 0 aromatic carbocycles. The Labute approximate surface area is 222 Å². The monoisotopic (exact) mass is 518 g/mol. The molecule has 2 fully saturated rings. The Kier molecular flexibility index (Phi) is 7.55. The molecule has 1 N–H and O–H groups in total. The van der Waals surface area contributed by atoms with Gasteiger partial charge in [0, 0.05) is 49.7 Å². The smallest absolute Gasteiger partial charge is 0.246 e. The van der Waals surface area contributed by atoms with E-state index in [0.717, 1.165) is 43.5 Å². The normalized spacial score (nSPS) is 19.2. The fourth-order valence-electron chi connectivity index (χ4n) is 5.52. The summed E-state index contributed by atoms with van der Waals surface area (Å²) in [6.45, 7) is 4.70. The van der Waals surface area contributed by atoms with Gasteiger partial charge in [-0.15, -0.1) is 11.3 Å². The lowest BCUT2D eigenvalue weighted by Gasteiger charge is -2.43. The van der Waals surface area contributed by atoms with Crippen LogP contribution in [0.15, 0.2) is 41.4 Å². The molecule has 5 heterocycles. The van der Waals surface area contributed by atoms with Crippen molar-refractivity contribution in [2.24, 2.45) is 5.41 Å². The summed E-state index contributed by atoms with van der Waals surface area (Å²) in [7, 11) is 0. The third-order valence-corrected chi connectivity index (χ3v) is 8.61. The van der Waals surface area contributed by atoms with Gasteiger partial charge in [0.1, 0.15) is 5.82 Å². The highest BCUT2D eigenvalue weighted by molar-refractivity contribution is 7.10. The molecule has 8 heteroatoms. The minimum Gasteiger partial charge on any atom is -0.343 e. The summed E-state index contributed by atoms with van der Waals surface area (Å²) in [5.41, 5.74) is 2.73. The topological polar surface area (TPSA) is 82.6 Å². The SMILES string of the molecule is CCCC(=O)N1CCC2(CC1)Cc1cc(/C=C/C(=O)N3CCC(=Cc4cccs4)CC3)cnc1NC2=O. The molecule has 2 aromatic heterocycles. The fraction of sp³-hybridized carbons (Fsp3) is 0.448. The lowest BCUT2D eigenvalue weighted by atomic mass is 9.71. The number of fused-ring (bicyclic) bond motifs is 1. The minimum atomic E-state index is -0.502. The summed E-state index contributed by atoms with van der Waals surface area (Å²) in [6.07, 6.45) is 12.5. The number of nitrogens with zero attached hydrogens (tertiary/aromatic N) is 3. The molecule has 0 bridgehead atoms. The molecule has 5 rings (SSSR count). The first-order valence-corrected chi connectivity index (χ1v) is 14.1. The number of hydrogen-bond donors (Lipinski definition) is 1. The van der Waals surface area contributed by atoms with Crippen molar-refractivity contribution in [3.63, 3.8) is 0 Å². The van der Waals surface area contributed by atoms with E-state index in [9.17, 15) is 14.4 Å². The summed E-state index contributed by atoms with van der Waals surface area (Å²) < 4.78 is 0. The molecular weight excluding hydrogens is 484 g/mol. The van der Waals surface area contributed by atoms with Gasteiger partial charge in [-0.2, -0.15) is 0 Å². The maximum atomic E-state index is 13.0. The van der Waals surface area contributed by atoms with Crippen molar-refractivity contribution in [3.8, 4) is 0 Å². The van der Waals surface area contributed by atoms with Gasteiger partial charge in [0.15, 0.2) is 0 Å². The Morgan fingerprint density at radius 2 is 1.95 bits per heavy atom. The number of pyridine rings is 1. The van der Waals surface area contributed by atoms with Crippen LogP contribution in [0.25, 0.3) is 12.2 Å². The number of likely N-dealkylation sites (tertiary alicyclic amines) is 2. The van der Waals surface area contributed by atoms with Gasteiger partial charge >= 0.3 is 0 Å². The molecular formula is C29H34N4O3S. The summed E-state index contributed by atoms with van der Waals surface area (Å²) in [6, 6.07) is 6.21. The molecule has 37 heavy (non-hydrogen) atoms. The number of thiophene rings is 1. The molecule has 0 radical (unpaired) electrons. The Balaban J connectivity index is 1.20. The highest BCUT2D eigenvalue weighted by Crippen LogP contribution is 2.41. The summed E-state index contributed by atoms with van der Waals surface area (Å²) in [4.78, 5) is 47.6. The number of piperidine rings is 2. The zero-order chi connectivity index (χ0) is 25.8. The molecule has 0 saturated carbocycles. The van der Waals surface area contributed by atoms with E-state index in [1.54, 1.807) is 23.6 Å². The van der Waals surface area contributed by atoms with Crippen LogP contribution in [0.1, 0.15) is 61.5 Å². The second-order valence-electron chi connectivity index (χ2n) is 10.3. The lowest BCUT2D eigenvalue weighted by Crippen LogP contribution is -2.51. The zero-order valence-corrected chi connectivity index (χ0v) is 22.2. The third-order valence-electron chi connectivity index (χ3n) is 7.79. The first kappa shape index (κ1) is 25.4. The molecule has 0 atom stereocenters. The van der Waals surface area contributed by atoms with Crippen LogP contribution in [0, 0.1) is 5.41 Å². The average molecular weight is 519 g/mol. The van der Waals surface area contributed by atoms with Gasteiger partial charge in [-0.25, -0.2) is 4.98 Å². The minimum absolute atomic E-state index is 0.00570. The van der Waals surface area contributed by atoms with E-state index in [2.05, 4.69) is 33.9 Å². The molecule has 1 spiro atoms. The number of hydrogen-bond acceptors (Lipinski definition) is 5. The van der Waals surface area contributed by atoms with Crippen molar-refractivity contribution in [2.75, 3.05) is 31.5 Å². The number of rotatable bonds is 5. The highest BCUT2D eigenvalue weighted by Gasteiger charge is 2.45. The fourth-order valence-corrected chi connectivity index (χ4v) is 6.22. The summed E-state index contributed by atoms with van der Waals surface area (Å²) in [5, 5.41) is 5.08. The number of carbonyl (C=O) groups excluding carboxylic acids is 3. The van der Waals surface area contributed by atoms with Crippen LogP contribution in [0.4, 0.5) is 5.82 Å². The van der Waals surface area contributed by atoms with E-state index in [-0.39, 0.29) is 17.7 Å². The number of aromatic nitrogens is 1. The van der Waals surface area contributed by atoms with Gasteiger partial charge in [-0.1, -0.05) is 18.6 Å². The predicted molar refractivity (Wildman–Crippen MR) is 147 cm³/mol. The summed E-state index contributed by atoms with van der Waals surface area (Å²) >= 11 is 1.74. The van der Waals surface area contributed by atoms with Crippen molar-refractivity contribution < 1.29 is 14.4 Å². The molecule has 2 saturated heterocycles. The number of amides is 3. The van der Waals surface area contributed by atoms with Crippen molar-refractivity contribution in [2.45, 2.75) is 51.9 Å². The van der Waals surface area contributed by atoms with Crippen molar-refractivity contribution in [1.29, 1.82) is 0 Å². The molecule has 0 aliphatic carbocycles. The Morgan fingerprint density at radius 3 is 2.65 bits per heavy atom. The van der Waals surface area contributed by atoms with Crippen LogP contribution in [0.3, 0.4) is 0 Å². The molecule has 3 aliphatic rings. The second-order valence-corrected chi connectivity index (χ2v) is 11.3. The van der Waals surface area contributed by atoms with Crippen LogP contribution in [0.2, 0.25) is 0 Å². The van der Waals surface area contributed by atoms with Gasteiger partial charge < -0.3 is 15.1 Å². The van der Waals surface area contributed by atoms with Crippen molar-refractivity contribution in [1.82, 2.24) is 14.8 Å². The highest BCUT2D eigenvalue weighted by atomic mass is 32.1. The Hall–Kier alpha value is -3.26.